The van der Waals surface area contributed by atoms with Gasteiger partial charge in [-0.3, -0.25) is 9.69 Å². The fourth-order valence-corrected chi connectivity index (χ4v) is 7.27. The van der Waals surface area contributed by atoms with Gasteiger partial charge in [0, 0.05) is 77.4 Å². The highest BCUT2D eigenvalue weighted by Gasteiger charge is 2.40. The first-order valence-electron chi connectivity index (χ1n) is 18.1. The van der Waals surface area contributed by atoms with Gasteiger partial charge in [-0.25, -0.2) is 0 Å². The fraction of sp³-hybridized carbons (Fsp3) is 0.811. The molecule has 3 aliphatic rings. The standard InChI is InChI=1S/C37H62N2O7/c1-5-7-8-10-36(40)46-35-23-38-22-34(37(35)31-14-11-29(12-15-31)26-43-25-28(3)24-42-6-2)45-27-30-13-16-33-32(21-30)39(18-20-44-33)17-9-19-41-4/h11-12,14-15,28,30,32-35,37-38H,5-10,13,16-27H2,1-4H3. The van der Waals surface area contributed by atoms with Crippen LogP contribution in [-0.4, -0.2) is 108 Å². The molecule has 7 unspecified atom stereocenters. The lowest BCUT2D eigenvalue weighted by Crippen LogP contribution is -2.55. The molecule has 1 saturated carbocycles. The number of esters is 1. The van der Waals surface area contributed by atoms with Crippen LogP contribution in [0.3, 0.4) is 0 Å². The molecular weight excluding hydrogens is 584 g/mol. The third-order valence-corrected chi connectivity index (χ3v) is 9.78. The van der Waals surface area contributed by atoms with Crippen LogP contribution in [-0.2, 0) is 39.8 Å². The highest BCUT2D eigenvalue weighted by Crippen LogP contribution is 2.35. The second-order valence-corrected chi connectivity index (χ2v) is 13.6. The second-order valence-electron chi connectivity index (χ2n) is 13.6. The molecule has 9 nitrogen and oxygen atoms in total. The number of rotatable bonds is 20. The van der Waals surface area contributed by atoms with Crippen molar-refractivity contribution in [3.05, 3.63) is 35.4 Å². The van der Waals surface area contributed by atoms with E-state index in [0.29, 0.717) is 63.4 Å². The van der Waals surface area contributed by atoms with Crippen molar-refractivity contribution in [3.8, 4) is 0 Å². The highest BCUT2D eigenvalue weighted by molar-refractivity contribution is 5.69. The molecule has 2 heterocycles. The summed E-state index contributed by atoms with van der Waals surface area (Å²) >= 11 is 0. The molecule has 1 aromatic rings. The van der Waals surface area contributed by atoms with Crippen molar-refractivity contribution in [2.45, 2.75) is 109 Å². The fourth-order valence-electron chi connectivity index (χ4n) is 7.27. The molecule has 1 N–H and O–H groups in total. The predicted octanol–water partition coefficient (Wildman–Crippen LogP) is 5.35. The Balaban J connectivity index is 1.39. The Morgan fingerprint density at radius 1 is 1.04 bits per heavy atom. The van der Waals surface area contributed by atoms with E-state index in [1.165, 1.54) is 0 Å². The molecule has 9 heteroatoms. The number of benzene rings is 1. The molecule has 1 aliphatic carbocycles. The van der Waals surface area contributed by atoms with Crippen LogP contribution < -0.4 is 5.32 Å². The molecule has 0 aromatic heterocycles. The first-order valence-corrected chi connectivity index (χ1v) is 18.1. The van der Waals surface area contributed by atoms with Gasteiger partial charge >= 0.3 is 5.97 Å². The number of nitrogens with one attached hydrogen (secondary N) is 1. The average Bonchev–Trinajstić information content (AvgIpc) is 3.07. The summed E-state index contributed by atoms with van der Waals surface area (Å²) in [6.07, 6.45) is 7.77. The molecule has 46 heavy (non-hydrogen) atoms. The van der Waals surface area contributed by atoms with Gasteiger partial charge in [-0.1, -0.05) is 51.0 Å². The molecular formula is C37H62N2O7. The van der Waals surface area contributed by atoms with E-state index in [0.717, 1.165) is 95.5 Å². The molecule has 2 aliphatic heterocycles. The Kier molecular flexibility index (Phi) is 16.8. The lowest BCUT2D eigenvalue weighted by Gasteiger charge is -2.46. The maximum atomic E-state index is 12.9. The van der Waals surface area contributed by atoms with Crippen molar-refractivity contribution < 1.29 is 33.2 Å². The van der Waals surface area contributed by atoms with Crippen molar-refractivity contribution in [1.29, 1.82) is 0 Å². The van der Waals surface area contributed by atoms with Gasteiger partial charge < -0.3 is 33.7 Å². The normalized spacial score (nSPS) is 27.7. The molecule has 3 fully saturated rings. The van der Waals surface area contributed by atoms with Crippen LogP contribution in [0.15, 0.2) is 24.3 Å². The van der Waals surface area contributed by atoms with Gasteiger partial charge in [0.2, 0.25) is 0 Å². The number of carbonyl (C=O) groups is 1. The molecule has 4 rings (SSSR count). The average molecular weight is 647 g/mol. The summed E-state index contributed by atoms with van der Waals surface area (Å²) in [5, 5.41) is 3.52. The van der Waals surface area contributed by atoms with Gasteiger partial charge in [0.15, 0.2) is 0 Å². The first kappa shape index (κ1) is 37.2. The van der Waals surface area contributed by atoms with Gasteiger partial charge in [-0.15, -0.1) is 0 Å². The van der Waals surface area contributed by atoms with Gasteiger partial charge in [-0.2, -0.15) is 0 Å². The van der Waals surface area contributed by atoms with Crippen molar-refractivity contribution in [2.75, 3.05) is 72.9 Å². The molecule has 1 aromatic carbocycles. The third-order valence-electron chi connectivity index (χ3n) is 9.78. The quantitative estimate of drug-likeness (QED) is 0.149. The Hall–Kier alpha value is -1.59. The van der Waals surface area contributed by atoms with Crippen LogP contribution in [0.2, 0.25) is 0 Å². The molecule has 0 radical (unpaired) electrons. The van der Waals surface area contributed by atoms with Crippen LogP contribution >= 0.6 is 0 Å². The number of methoxy groups -OCH3 is 1. The minimum atomic E-state index is -0.270. The van der Waals surface area contributed by atoms with Crippen LogP contribution in [0, 0.1) is 11.8 Å². The van der Waals surface area contributed by atoms with Crippen LogP contribution in [0.5, 0.6) is 0 Å². The summed E-state index contributed by atoms with van der Waals surface area (Å²) < 4.78 is 36.0. The monoisotopic (exact) mass is 646 g/mol. The summed E-state index contributed by atoms with van der Waals surface area (Å²) in [6.45, 7) is 14.7. The van der Waals surface area contributed by atoms with E-state index in [2.05, 4.69) is 48.3 Å². The summed E-state index contributed by atoms with van der Waals surface area (Å²) in [5.74, 6) is 0.702. The topological polar surface area (TPSA) is 87.7 Å². The van der Waals surface area contributed by atoms with Crippen molar-refractivity contribution in [2.24, 2.45) is 11.8 Å². The zero-order valence-electron chi connectivity index (χ0n) is 29.1. The van der Waals surface area contributed by atoms with E-state index in [-0.39, 0.29) is 24.1 Å². The van der Waals surface area contributed by atoms with Crippen LogP contribution in [0.4, 0.5) is 0 Å². The Morgan fingerprint density at radius 2 is 1.85 bits per heavy atom. The number of morpholine rings is 1. The zero-order chi connectivity index (χ0) is 32.6. The lowest BCUT2D eigenvalue weighted by molar-refractivity contribution is -0.155. The molecule has 0 spiro atoms. The molecule has 0 amide bonds. The highest BCUT2D eigenvalue weighted by atomic mass is 16.5. The van der Waals surface area contributed by atoms with Crippen LogP contribution in [0.1, 0.15) is 89.2 Å². The number of ether oxygens (including phenoxy) is 6. The lowest BCUT2D eigenvalue weighted by atomic mass is 9.82. The minimum Gasteiger partial charge on any atom is -0.460 e. The van der Waals surface area contributed by atoms with Crippen molar-refractivity contribution >= 4 is 5.97 Å². The number of piperidine rings is 1. The van der Waals surface area contributed by atoms with E-state index in [1.807, 2.05) is 6.92 Å². The largest absolute Gasteiger partial charge is 0.460 e. The smallest absolute Gasteiger partial charge is 0.306 e. The molecule has 0 bridgehead atoms. The number of fused-ring (bicyclic) bond motifs is 1. The summed E-state index contributed by atoms with van der Waals surface area (Å²) in [4.78, 5) is 15.5. The number of nitrogens with zero attached hydrogens (tertiary/aromatic N) is 1. The second kappa shape index (κ2) is 20.7. The maximum absolute atomic E-state index is 12.9. The number of hydrogen-bond acceptors (Lipinski definition) is 9. The van der Waals surface area contributed by atoms with Gasteiger partial charge in [0.1, 0.15) is 6.10 Å². The first-order chi connectivity index (χ1) is 22.5. The van der Waals surface area contributed by atoms with Crippen molar-refractivity contribution in [1.82, 2.24) is 10.2 Å². The van der Waals surface area contributed by atoms with Crippen LogP contribution in [0.25, 0.3) is 0 Å². The van der Waals surface area contributed by atoms with Gasteiger partial charge in [0.05, 0.1) is 38.6 Å². The van der Waals surface area contributed by atoms with Gasteiger partial charge in [0.25, 0.3) is 0 Å². The van der Waals surface area contributed by atoms with Gasteiger partial charge in [-0.05, 0) is 56.1 Å². The Morgan fingerprint density at radius 3 is 2.63 bits per heavy atom. The maximum Gasteiger partial charge on any atom is 0.306 e. The predicted molar refractivity (Wildman–Crippen MR) is 180 cm³/mol. The summed E-state index contributed by atoms with van der Waals surface area (Å²) in [7, 11) is 1.78. The van der Waals surface area contributed by atoms with E-state index < -0.39 is 0 Å². The Labute approximate surface area is 278 Å². The minimum absolute atomic E-state index is 0.0301. The zero-order valence-corrected chi connectivity index (χ0v) is 29.1. The van der Waals surface area contributed by atoms with E-state index in [4.69, 9.17) is 28.4 Å². The molecule has 262 valence electrons. The third kappa shape index (κ3) is 11.8. The van der Waals surface area contributed by atoms with Crippen molar-refractivity contribution in [3.63, 3.8) is 0 Å². The number of carbonyl (C=O) groups excluding carboxylic acids is 1. The number of hydrogen-bond donors (Lipinski definition) is 1. The molecule has 2 saturated heterocycles. The van der Waals surface area contributed by atoms with E-state index in [9.17, 15) is 4.79 Å². The molecule has 7 atom stereocenters. The summed E-state index contributed by atoms with van der Waals surface area (Å²) in [6, 6.07) is 9.08. The SMILES string of the molecule is CCCCCC(=O)OC1CNCC(OCC2CCC3OCCN(CCCOC)C3C2)C1c1ccc(COCC(C)COCC)cc1. The Bertz CT molecular complexity index is 979. The summed E-state index contributed by atoms with van der Waals surface area (Å²) in [5.41, 5.74) is 2.29. The number of unbranched alkanes of at least 4 members (excludes halogenated alkanes) is 2. The van der Waals surface area contributed by atoms with E-state index >= 15 is 0 Å². The van der Waals surface area contributed by atoms with E-state index in [1.54, 1.807) is 7.11 Å².